The minimum absolute atomic E-state index is 1.01. The quantitative estimate of drug-likeness (QED) is 0.167. The van der Waals surface area contributed by atoms with E-state index in [9.17, 15) is 0 Å². The number of aromatic nitrogens is 1. The van der Waals surface area contributed by atoms with Gasteiger partial charge in [0.25, 0.3) is 0 Å². The van der Waals surface area contributed by atoms with E-state index in [-0.39, 0.29) is 0 Å². The van der Waals surface area contributed by atoms with Gasteiger partial charge in [-0.2, -0.15) is 0 Å². The van der Waals surface area contributed by atoms with E-state index in [0.29, 0.717) is 0 Å². The van der Waals surface area contributed by atoms with Gasteiger partial charge in [-0.25, -0.2) is 0 Å². The lowest BCUT2D eigenvalue weighted by Gasteiger charge is -2.16. The van der Waals surface area contributed by atoms with Gasteiger partial charge in [0.05, 0.1) is 11.0 Å². The summed E-state index contributed by atoms with van der Waals surface area (Å²) >= 11 is 0. The van der Waals surface area contributed by atoms with Gasteiger partial charge in [-0.3, -0.25) is 0 Å². The number of allylic oxidation sites excluding steroid dienone is 5. The second kappa shape index (κ2) is 11.8. The molecule has 0 aliphatic heterocycles. The number of hydrogen-bond donors (Lipinski definition) is 0. The smallest absolute Gasteiger partial charge is 0.0547 e. The Balaban J connectivity index is 1.33. The molecule has 0 aliphatic carbocycles. The molecule has 0 amide bonds. The van der Waals surface area contributed by atoms with Crippen LogP contribution in [0.25, 0.3) is 65.8 Å². The topological polar surface area (TPSA) is 4.93 Å². The molecule has 0 spiro atoms. The van der Waals surface area contributed by atoms with Crippen LogP contribution in [-0.2, 0) is 0 Å². The van der Waals surface area contributed by atoms with Gasteiger partial charge < -0.3 is 4.57 Å². The van der Waals surface area contributed by atoms with Crippen molar-refractivity contribution >= 4 is 60.1 Å². The highest BCUT2D eigenvalue weighted by atomic mass is 15.0. The zero-order chi connectivity index (χ0) is 31.9. The predicted octanol–water partition coefficient (Wildman–Crippen LogP) is 12.7. The Labute approximate surface area is 276 Å². The van der Waals surface area contributed by atoms with Crippen LogP contribution < -0.4 is 0 Å². The van der Waals surface area contributed by atoms with E-state index >= 15 is 0 Å². The molecule has 8 aromatic rings. The van der Waals surface area contributed by atoms with Crippen LogP contribution in [0.3, 0.4) is 0 Å². The van der Waals surface area contributed by atoms with Gasteiger partial charge in [-0.15, -0.1) is 0 Å². The molecule has 7 aromatic carbocycles. The Morgan fingerprint density at radius 1 is 0.511 bits per heavy atom. The lowest BCUT2D eigenvalue weighted by atomic mass is 9.90. The predicted molar refractivity (Wildman–Crippen MR) is 204 cm³/mol. The summed E-state index contributed by atoms with van der Waals surface area (Å²) in [5.74, 6) is 0. The maximum absolute atomic E-state index is 4.68. The highest BCUT2D eigenvalue weighted by molar-refractivity contribution is 6.28. The van der Waals surface area contributed by atoms with Crippen LogP contribution in [0.4, 0.5) is 0 Å². The van der Waals surface area contributed by atoms with E-state index in [2.05, 4.69) is 189 Å². The molecule has 0 unspecified atom stereocenters. The molecule has 0 bridgehead atoms. The summed E-state index contributed by atoms with van der Waals surface area (Å²) in [6, 6.07) is 56.6. The van der Waals surface area contributed by atoms with Gasteiger partial charge in [0.15, 0.2) is 0 Å². The first-order chi connectivity index (χ1) is 23.1. The summed E-state index contributed by atoms with van der Waals surface area (Å²) < 4.78 is 2.43. The number of nitrogens with zero attached hydrogens (tertiary/aromatic N) is 1. The molecule has 1 heterocycles. The summed E-state index contributed by atoms with van der Waals surface area (Å²) in [5, 5.41) is 7.64. The van der Waals surface area contributed by atoms with Crippen molar-refractivity contribution in [2.24, 2.45) is 0 Å². The molecule has 224 valence electrons. The fourth-order valence-corrected chi connectivity index (χ4v) is 7.06. The highest BCUT2D eigenvalue weighted by Gasteiger charge is 2.18. The van der Waals surface area contributed by atoms with Crippen LogP contribution in [0, 0.1) is 0 Å². The minimum atomic E-state index is 1.01. The van der Waals surface area contributed by atoms with Crippen LogP contribution in [0.1, 0.15) is 30.5 Å². The Morgan fingerprint density at radius 3 is 1.62 bits per heavy atom. The second-order valence-electron chi connectivity index (χ2n) is 12.3. The lowest BCUT2D eigenvalue weighted by Crippen LogP contribution is -1.97. The number of fused-ring (bicyclic) bond motifs is 7. The molecule has 0 saturated carbocycles. The molecule has 0 radical (unpaired) electrons. The first-order valence-electron chi connectivity index (χ1n) is 16.2. The molecular formula is C46H35N. The third kappa shape index (κ3) is 4.98. The Kier molecular flexibility index (Phi) is 7.16. The zero-order valence-corrected chi connectivity index (χ0v) is 26.7. The van der Waals surface area contributed by atoms with Crippen molar-refractivity contribution in [1.29, 1.82) is 0 Å². The summed E-state index contributed by atoms with van der Waals surface area (Å²) in [6.45, 7) is 9.07. The highest BCUT2D eigenvalue weighted by Crippen LogP contribution is 2.41. The summed E-state index contributed by atoms with van der Waals surface area (Å²) in [5.41, 5.74) is 11.6. The first kappa shape index (κ1) is 28.5. The SMILES string of the molecule is C=C(/C(C)=C(\C=C(/C)c1ccccc1)c1ccccc1)c1cccc(-n2c3ccc4ccccc4c3c3c4ccccc4ccc32)c1. The fourth-order valence-electron chi connectivity index (χ4n) is 7.06. The monoisotopic (exact) mass is 601 g/mol. The summed E-state index contributed by atoms with van der Waals surface area (Å²) in [4.78, 5) is 0. The molecule has 0 aliphatic rings. The van der Waals surface area contributed by atoms with Crippen molar-refractivity contribution in [3.63, 3.8) is 0 Å². The van der Waals surface area contributed by atoms with Gasteiger partial charge in [0.1, 0.15) is 0 Å². The average Bonchev–Trinajstić information content (AvgIpc) is 3.49. The molecule has 47 heavy (non-hydrogen) atoms. The van der Waals surface area contributed by atoms with E-state index in [4.69, 9.17) is 0 Å². The lowest BCUT2D eigenvalue weighted by molar-refractivity contribution is 1.18. The number of hydrogen-bond acceptors (Lipinski definition) is 0. The van der Waals surface area contributed by atoms with Crippen LogP contribution in [0.15, 0.2) is 176 Å². The Hall–Kier alpha value is -5.92. The van der Waals surface area contributed by atoms with Crippen molar-refractivity contribution in [1.82, 2.24) is 4.57 Å². The number of benzene rings is 7. The largest absolute Gasteiger partial charge is 0.309 e. The van der Waals surface area contributed by atoms with Crippen LogP contribution in [-0.4, -0.2) is 4.57 Å². The van der Waals surface area contributed by atoms with Crippen molar-refractivity contribution in [3.05, 3.63) is 193 Å². The third-order valence-corrected chi connectivity index (χ3v) is 9.53. The number of rotatable bonds is 6. The van der Waals surface area contributed by atoms with E-state index < -0.39 is 0 Å². The molecule has 1 heteroatoms. The second-order valence-corrected chi connectivity index (χ2v) is 12.3. The maximum atomic E-state index is 4.68. The van der Waals surface area contributed by atoms with Gasteiger partial charge in [-0.1, -0.05) is 146 Å². The summed E-state index contributed by atoms with van der Waals surface area (Å²) in [7, 11) is 0. The first-order valence-corrected chi connectivity index (χ1v) is 16.2. The molecule has 0 atom stereocenters. The molecule has 0 N–H and O–H groups in total. The van der Waals surface area contributed by atoms with E-state index in [0.717, 1.165) is 22.4 Å². The molecule has 1 nitrogen and oxygen atoms in total. The van der Waals surface area contributed by atoms with Crippen LogP contribution in [0.2, 0.25) is 0 Å². The van der Waals surface area contributed by atoms with Crippen molar-refractivity contribution < 1.29 is 0 Å². The standard InChI is InChI=1S/C46H35N/c1-31(34-15-6-4-7-16-34)29-42(35-17-8-5-9-18-35)33(3)32(2)38-21-14-22-39(30-38)47-43-27-25-36-19-10-12-23-40(36)45(43)46-41-24-13-11-20-37(41)26-28-44(46)47/h4-30H,2H2,1,3H3/b31-29+,42-33+. The van der Waals surface area contributed by atoms with E-state index in [1.54, 1.807) is 0 Å². The zero-order valence-electron chi connectivity index (χ0n) is 26.7. The van der Waals surface area contributed by atoms with Crippen molar-refractivity contribution in [2.75, 3.05) is 0 Å². The third-order valence-electron chi connectivity index (χ3n) is 9.53. The molecular weight excluding hydrogens is 567 g/mol. The van der Waals surface area contributed by atoms with Gasteiger partial charge in [0, 0.05) is 16.5 Å². The van der Waals surface area contributed by atoms with Crippen molar-refractivity contribution in [2.45, 2.75) is 13.8 Å². The van der Waals surface area contributed by atoms with E-state index in [1.165, 1.54) is 65.6 Å². The molecule has 1 aromatic heterocycles. The van der Waals surface area contributed by atoms with Gasteiger partial charge in [-0.05, 0) is 98.6 Å². The van der Waals surface area contributed by atoms with Gasteiger partial charge >= 0.3 is 0 Å². The van der Waals surface area contributed by atoms with E-state index in [1.807, 2.05) is 0 Å². The van der Waals surface area contributed by atoms with Crippen LogP contribution >= 0.6 is 0 Å². The minimum Gasteiger partial charge on any atom is -0.309 e. The molecule has 0 saturated heterocycles. The fraction of sp³-hybridized carbons (Fsp3) is 0.0435. The summed E-state index contributed by atoms with van der Waals surface area (Å²) in [6.07, 6.45) is 2.30. The molecule has 8 rings (SSSR count). The molecule has 0 fully saturated rings. The Morgan fingerprint density at radius 2 is 1.02 bits per heavy atom. The normalized spacial score (nSPS) is 12.6. The van der Waals surface area contributed by atoms with Gasteiger partial charge in [0.2, 0.25) is 0 Å². The van der Waals surface area contributed by atoms with Crippen LogP contribution in [0.5, 0.6) is 0 Å². The maximum Gasteiger partial charge on any atom is 0.0547 e. The van der Waals surface area contributed by atoms with Crippen molar-refractivity contribution in [3.8, 4) is 5.69 Å². The average molecular weight is 602 g/mol. The Bertz CT molecular complexity index is 2430.